The molecule has 0 saturated heterocycles. The highest BCUT2D eigenvalue weighted by Gasteiger charge is 2.20. The molecular formula is C25H17Cl2NO4S. The quantitative estimate of drug-likeness (QED) is 0.198. The van der Waals surface area contributed by atoms with Crippen molar-refractivity contribution in [1.82, 2.24) is 0 Å². The average molecular weight is 498 g/mol. The zero-order chi connectivity index (χ0) is 23.3. The van der Waals surface area contributed by atoms with Crippen LogP contribution in [0.25, 0.3) is 0 Å². The third kappa shape index (κ3) is 5.93. The number of nitrogens with zero attached hydrogens (tertiary/aromatic N) is 1. The standard InChI is InChI=1S/C25H17Cl2NO4S/c26-23-15-18(16-24(27)25(23)32-33(29,30)22-9-5-2-6-10-22)17-28-19-11-13-21(14-12-19)31-20-7-3-1-4-8-20/h1-17H. The van der Waals surface area contributed by atoms with Crippen LogP contribution in [-0.2, 0) is 10.1 Å². The van der Waals surface area contributed by atoms with E-state index in [0.29, 0.717) is 17.0 Å². The minimum atomic E-state index is -4.07. The van der Waals surface area contributed by atoms with Gasteiger partial charge in [-0.25, -0.2) is 0 Å². The zero-order valence-electron chi connectivity index (χ0n) is 17.1. The van der Waals surface area contributed by atoms with Gasteiger partial charge in [0.2, 0.25) is 0 Å². The predicted molar refractivity (Wildman–Crippen MR) is 131 cm³/mol. The highest BCUT2D eigenvalue weighted by atomic mass is 35.5. The van der Waals surface area contributed by atoms with Crippen LogP contribution in [0.2, 0.25) is 10.0 Å². The van der Waals surface area contributed by atoms with Crippen LogP contribution >= 0.6 is 23.2 Å². The largest absolute Gasteiger partial charge is 0.457 e. The summed E-state index contributed by atoms with van der Waals surface area (Å²) < 4.78 is 35.9. The first-order valence-corrected chi connectivity index (χ1v) is 11.9. The van der Waals surface area contributed by atoms with Gasteiger partial charge in [0, 0.05) is 6.21 Å². The Morgan fingerprint density at radius 3 is 1.88 bits per heavy atom. The topological polar surface area (TPSA) is 65.0 Å². The molecule has 0 amide bonds. The van der Waals surface area contributed by atoms with E-state index in [1.165, 1.54) is 24.3 Å². The summed E-state index contributed by atoms with van der Waals surface area (Å²) in [5.74, 6) is 1.30. The van der Waals surface area contributed by atoms with E-state index in [1.807, 2.05) is 54.6 Å². The monoisotopic (exact) mass is 497 g/mol. The van der Waals surface area contributed by atoms with Gasteiger partial charge in [-0.15, -0.1) is 0 Å². The number of para-hydroxylation sites is 1. The molecular weight excluding hydrogens is 481 g/mol. The molecule has 4 aromatic carbocycles. The second-order valence-corrected chi connectivity index (χ2v) is 9.19. The smallest absolute Gasteiger partial charge is 0.339 e. The SMILES string of the molecule is O=S(=O)(Oc1c(Cl)cc(C=Nc2ccc(Oc3ccccc3)cc2)cc1Cl)c1ccccc1. The molecule has 0 fully saturated rings. The summed E-state index contributed by atoms with van der Waals surface area (Å²) in [5, 5.41) is 0.102. The third-order valence-electron chi connectivity index (χ3n) is 4.42. The molecule has 0 N–H and O–H groups in total. The number of hydrogen-bond acceptors (Lipinski definition) is 5. The van der Waals surface area contributed by atoms with Crippen molar-refractivity contribution in [2.45, 2.75) is 4.90 Å². The lowest BCUT2D eigenvalue weighted by Crippen LogP contribution is -2.10. The highest BCUT2D eigenvalue weighted by Crippen LogP contribution is 2.36. The van der Waals surface area contributed by atoms with Gasteiger partial charge in [0.25, 0.3) is 0 Å². The van der Waals surface area contributed by atoms with Gasteiger partial charge in [-0.2, -0.15) is 8.42 Å². The van der Waals surface area contributed by atoms with E-state index in [1.54, 1.807) is 24.4 Å². The number of aliphatic imine (C=N–C) groups is 1. The first kappa shape index (κ1) is 22.9. The van der Waals surface area contributed by atoms with E-state index in [-0.39, 0.29) is 20.7 Å². The molecule has 4 rings (SSSR count). The van der Waals surface area contributed by atoms with Crippen molar-refractivity contribution in [1.29, 1.82) is 0 Å². The van der Waals surface area contributed by atoms with Crippen molar-refractivity contribution in [3.63, 3.8) is 0 Å². The van der Waals surface area contributed by atoms with Gasteiger partial charge < -0.3 is 8.92 Å². The molecule has 0 unspecified atom stereocenters. The number of halogens is 2. The maximum absolute atomic E-state index is 12.5. The van der Waals surface area contributed by atoms with E-state index < -0.39 is 10.1 Å². The van der Waals surface area contributed by atoms with E-state index in [4.69, 9.17) is 32.1 Å². The summed E-state index contributed by atoms with van der Waals surface area (Å²) >= 11 is 12.5. The van der Waals surface area contributed by atoms with Gasteiger partial charge in [0.15, 0.2) is 5.75 Å². The minimum absolute atomic E-state index is 0.00228. The lowest BCUT2D eigenvalue weighted by molar-refractivity contribution is 0.482. The second-order valence-electron chi connectivity index (χ2n) is 6.83. The Labute approximate surface area is 202 Å². The lowest BCUT2D eigenvalue weighted by atomic mass is 10.2. The van der Waals surface area contributed by atoms with Crippen LogP contribution < -0.4 is 8.92 Å². The molecule has 0 spiro atoms. The molecule has 0 aliphatic carbocycles. The zero-order valence-corrected chi connectivity index (χ0v) is 19.4. The van der Waals surface area contributed by atoms with Crippen molar-refractivity contribution in [2.24, 2.45) is 4.99 Å². The summed E-state index contributed by atoms with van der Waals surface area (Å²) in [4.78, 5) is 4.40. The van der Waals surface area contributed by atoms with Crippen LogP contribution in [0.4, 0.5) is 5.69 Å². The Balaban J connectivity index is 1.48. The van der Waals surface area contributed by atoms with E-state index >= 15 is 0 Å². The second kappa shape index (κ2) is 10.1. The van der Waals surface area contributed by atoms with E-state index in [9.17, 15) is 8.42 Å². The maximum atomic E-state index is 12.5. The molecule has 0 bridgehead atoms. The summed E-state index contributed by atoms with van der Waals surface area (Å²) in [5.41, 5.74) is 1.27. The molecule has 8 heteroatoms. The fraction of sp³-hybridized carbons (Fsp3) is 0. The summed E-state index contributed by atoms with van der Waals surface area (Å²) in [6, 6.07) is 27.5. The first-order chi connectivity index (χ1) is 15.9. The number of benzene rings is 4. The van der Waals surface area contributed by atoms with Crippen molar-refractivity contribution >= 4 is 45.2 Å². The normalized spacial score (nSPS) is 11.5. The van der Waals surface area contributed by atoms with Crippen molar-refractivity contribution in [2.75, 3.05) is 0 Å². The Bertz CT molecular complexity index is 1350. The van der Waals surface area contributed by atoms with Gasteiger partial charge >= 0.3 is 10.1 Å². The fourth-order valence-corrected chi connectivity index (χ4v) is 4.51. The van der Waals surface area contributed by atoms with E-state index in [0.717, 1.165) is 5.75 Å². The number of rotatable bonds is 7. The Kier molecular flexibility index (Phi) is 6.99. The Morgan fingerprint density at radius 2 is 1.27 bits per heavy atom. The lowest BCUT2D eigenvalue weighted by Gasteiger charge is -2.11. The fourth-order valence-electron chi connectivity index (χ4n) is 2.85. The van der Waals surface area contributed by atoms with E-state index in [2.05, 4.69) is 4.99 Å². The van der Waals surface area contributed by atoms with Crippen molar-refractivity contribution in [3.8, 4) is 17.2 Å². The van der Waals surface area contributed by atoms with Gasteiger partial charge in [-0.3, -0.25) is 4.99 Å². The first-order valence-electron chi connectivity index (χ1n) is 9.76. The van der Waals surface area contributed by atoms with Gasteiger partial charge in [-0.05, 0) is 66.2 Å². The molecule has 0 radical (unpaired) electrons. The maximum Gasteiger partial charge on any atom is 0.339 e. The molecule has 5 nitrogen and oxygen atoms in total. The number of hydrogen-bond donors (Lipinski definition) is 0. The summed E-state index contributed by atoms with van der Waals surface area (Å²) in [6.07, 6.45) is 1.57. The van der Waals surface area contributed by atoms with Crippen molar-refractivity contribution in [3.05, 3.63) is 113 Å². The van der Waals surface area contributed by atoms with Crippen LogP contribution in [0.5, 0.6) is 17.2 Å². The summed E-state index contributed by atoms with van der Waals surface area (Å²) in [6.45, 7) is 0. The Morgan fingerprint density at radius 1 is 0.727 bits per heavy atom. The van der Waals surface area contributed by atoms with Crippen LogP contribution in [0.15, 0.2) is 107 Å². The molecule has 0 heterocycles. The minimum Gasteiger partial charge on any atom is -0.457 e. The van der Waals surface area contributed by atoms with Crippen LogP contribution in [0, 0.1) is 0 Å². The molecule has 0 aliphatic rings. The number of ether oxygens (including phenoxy) is 1. The summed E-state index contributed by atoms with van der Waals surface area (Å²) in [7, 11) is -4.07. The van der Waals surface area contributed by atoms with Gasteiger partial charge in [0.1, 0.15) is 16.4 Å². The van der Waals surface area contributed by atoms with Crippen molar-refractivity contribution < 1.29 is 17.3 Å². The highest BCUT2D eigenvalue weighted by molar-refractivity contribution is 7.87. The average Bonchev–Trinajstić information content (AvgIpc) is 2.82. The molecule has 166 valence electrons. The van der Waals surface area contributed by atoms with Crippen LogP contribution in [0.3, 0.4) is 0 Å². The van der Waals surface area contributed by atoms with Gasteiger partial charge in [-0.1, -0.05) is 59.6 Å². The third-order valence-corrected chi connectivity index (χ3v) is 6.22. The molecule has 0 aliphatic heterocycles. The molecule has 0 aromatic heterocycles. The molecule has 33 heavy (non-hydrogen) atoms. The molecule has 0 atom stereocenters. The van der Waals surface area contributed by atoms with Crippen LogP contribution in [0.1, 0.15) is 5.56 Å². The molecule has 4 aromatic rings. The predicted octanol–water partition coefficient (Wildman–Crippen LogP) is 7.30. The molecule has 0 saturated carbocycles. The Hall–Kier alpha value is -3.32. The van der Waals surface area contributed by atoms with Gasteiger partial charge in [0.05, 0.1) is 15.7 Å². The van der Waals surface area contributed by atoms with Crippen LogP contribution in [-0.4, -0.2) is 14.6 Å².